The van der Waals surface area contributed by atoms with Crippen molar-refractivity contribution >= 4 is 23.5 Å². The Morgan fingerprint density at radius 3 is 2.59 bits per heavy atom. The third-order valence-electron chi connectivity index (χ3n) is 4.90. The molecule has 8 heteroatoms. The van der Waals surface area contributed by atoms with E-state index in [2.05, 4.69) is 5.32 Å². The molecular weight excluding hydrogens is 383 g/mol. The summed E-state index contributed by atoms with van der Waals surface area (Å²) < 4.78 is 44.7. The van der Waals surface area contributed by atoms with Gasteiger partial charge in [-0.15, -0.1) is 0 Å². The highest BCUT2D eigenvalue weighted by molar-refractivity contribution is 6.31. The summed E-state index contributed by atoms with van der Waals surface area (Å²) in [6.07, 6.45) is -2.03. The van der Waals surface area contributed by atoms with Crippen molar-refractivity contribution in [1.82, 2.24) is 5.32 Å². The van der Waals surface area contributed by atoms with Crippen LogP contribution in [0.3, 0.4) is 0 Å². The lowest BCUT2D eigenvalue weighted by molar-refractivity contribution is -0.137. The predicted molar refractivity (Wildman–Crippen MR) is 95.3 cm³/mol. The first-order valence-corrected chi connectivity index (χ1v) is 8.77. The molecule has 0 radical (unpaired) electrons. The van der Waals surface area contributed by atoms with E-state index in [4.69, 9.17) is 16.3 Å². The van der Waals surface area contributed by atoms with E-state index in [-0.39, 0.29) is 11.8 Å². The van der Waals surface area contributed by atoms with Crippen LogP contribution in [0.2, 0.25) is 5.02 Å². The number of esters is 1. The fourth-order valence-corrected chi connectivity index (χ4v) is 3.73. The maximum atomic E-state index is 13.3. The molecule has 0 fully saturated rings. The van der Waals surface area contributed by atoms with Crippen LogP contribution in [-0.2, 0) is 25.9 Å². The van der Waals surface area contributed by atoms with Crippen LogP contribution in [0, 0.1) is 5.92 Å². The second-order valence-electron chi connectivity index (χ2n) is 6.88. The van der Waals surface area contributed by atoms with Gasteiger partial charge in [0.25, 0.3) is 0 Å². The minimum Gasteiger partial charge on any atom is -0.466 e. The summed E-state index contributed by atoms with van der Waals surface area (Å²) in [6, 6.07) is 3.67. The van der Waals surface area contributed by atoms with Gasteiger partial charge in [-0.05, 0) is 36.5 Å². The number of methoxy groups -OCH3 is 1. The zero-order valence-electron chi connectivity index (χ0n) is 15.2. The summed E-state index contributed by atoms with van der Waals surface area (Å²) in [5.41, 5.74) is -1.32. The molecule has 0 aromatic heterocycles. The number of allylic oxidation sites excluding steroid dienone is 1. The lowest BCUT2D eigenvalue weighted by atomic mass is 9.65. The van der Waals surface area contributed by atoms with Crippen LogP contribution in [-0.4, -0.2) is 25.5 Å². The number of halogens is 4. The Balaban J connectivity index is 2.50. The first-order chi connectivity index (χ1) is 12.5. The van der Waals surface area contributed by atoms with Gasteiger partial charge in [-0.2, -0.15) is 13.2 Å². The largest absolute Gasteiger partial charge is 0.466 e. The topological polar surface area (TPSA) is 55.4 Å². The predicted octanol–water partition coefficient (Wildman–Crippen LogP) is 4.26. The zero-order chi connectivity index (χ0) is 20.4. The average Bonchev–Trinajstić information content (AvgIpc) is 2.58. The molecule has 0 saturated carbocycles. The number of carbonyl (C=O) groups is 2. The van der Waals surface area contributed by atoms with Crippen LogP contribution in [0.15, 0.2) is 29.8 Å². The first-order valence-electron chi connectivity index (χ1n) is 8.39. The summed E-state index contributed by atoms with van der Waals surface area (Å²) in [5, 5.41) is 2.32. The third-order valence-corrected chi connectivity index (χ3v) is 5.23. The van der Waals surface area contributed by atoms with Gasteiger partial charge in [-0.25, -0.2) is 4.79 Å². The van der Waals surface area contributed by atoms with Gasteiger partial charge >= 0.3 is 12.1 Å². The molecule has 2 rings (SSSR count). The SMILES string of the molecule is COC(=O)C1=CCC(CNC(C)=O)CC1(C)c1ccc(Cl)c(C(F)(F)F)c1. The lowest BCUT2D eigenvalue weighted by Gasteiger charge is -2.39. The Labute approximate surface area is 160 Å². The summed E-state index contributed by atoms with van der Waals surface area (Å²) in [6.45, 7) is 3.47. The van der Waals surface area contributed by atoms with Crippen molar-refractivity contribution in [3.63, 3.8) is 0 Å². The molecule has 1 aliphatic carbocycles. The fraction of sp³-hybridized carbons (Fsp3) is 0.474. The summed E-state index contributed by atoms with van der Waals surface area (Å²) in [7, 11) is 1.23. The van der Waals surface area contributed by atoms with Gasteiger partial charge in [-0.3, -0.25) is 4.79 Å². The van der Waals surface area contributed by atoms with Crippen molar-refractivity contribution in [1.29, 1.82) is 0 Å². The Morgan fingerprint density at radius 1 is 1.37 bits per heavy atom. The van der Waals surface area contributed by atoms with Crippen molar-refractivity contribution in [3.8, 4) is 0 Å². The zero-order valence-corrected chi connectivity index (χ0v) is 16.0. The van der Waals surface area contributed by atoms with Crippen molar-refractivity contribution in [2.75, 3.05) is 13.7 Å². The van der Waals surface area contributed by atoms with Gasteiger partial charge < -0.3 is 10.1 Å². The van der Waals surface area contributed by atoms with E-state index < -0.39 is 28.1 Å². The summed E-state index contributed by atoms with van der Waals surface area (Å²) in [5.74, 6) is -0.804. The normalized spacial score (nSPS) is 22.8. The van der Waals surface area contributed by atoms with E-state index in [0.29, 0.717) is 30.5 Å². The molecular formula is C19H21ClF3NO3. The molecule has 27 heavy (non-hydrogen) atoms. The van der Waals surface area contributed by atoms with Gasteiger partial charge in [0.15, 0.2) is 0 Å². The standard InChI is InChI=1S/C19H21ClF3NO3/c1-11(25)24-10-12-4-6-14(17(26)27-3)18(2,9-12)13-5-7-16(20)15(8-13)19(21,22)23/h5-8,12H,4,9-10H2,1-3H3,(H,24,25). The summed E-state index contributed by atoms with van der Waals surface area (Å²) in [4.78, 5) is 23.5. The van der Waals surface area contributed by atoms with Gasteiger partial charge in [0.05, 0.1) is 17.7 Å². The van der Waals surface area contributed by atoms with Crippen molar-refractivity contribution in [2.24, 2.45) is 5.92 Å². The van der Waals surface area contributed by atoms with Crippen LogP contribution >= 0.6 is 11.6 Å². The molecule has 1 aromatic carbocycles. The lowest BCUT2D eigenvalue weighted by Crippen LogP contribution is -2.39. The van der Waals surface area contributed by atoms with E-state index in [9.17, 15) is 22.8 Å². The molecule has 0 heterocycles. The van der Waals surface area contributed by atoms with Crippen LogP contribution in [0.4, 0.5) is 13.2 Å². The molecule has 1 N–H and O–H groups in total. The highest BCUT2D eigenvalue weighted by atomic mass is 35.5. The Hall–Kier alpha value is -2.02. The van der Waals surface area contributed by atoms with Crippen LogP contribution in [0.25, 0.3) is 0 Å². The molecule has 1 amide bonds. The number of carbonyl (C=O) groups excluding carboxylic acids is 2. The fourth-order valence-electron chi connectivity index (χ4n) is 3.50. The number of hydrogen-bond donors (Lipinski definition) is 1. The molecule has 2 unspecified atom stereocenters. The first kappa shape index (κ1) is 21.3. The smallest absolute Gasteiger partial charge is 0.417 e. The minimum absolute atomic E-state index is 0.0303. The van der Waals surface area contributed by atoms with E-state index in [1.165, 1.54) is 26.2 Å². The van der Waals surface area contributed by atoms with Crippen molar-refractivity contribution in [3.05, 3.63) is 46.0 Å². The number of alkyl halides is 3. The molecule has 0 aliphatic heterocycles. The molecule has 0 spiro atoms. The average molecular weight is 404 g/mol. The number of benzene rings is 1. The molecule has 0 saturated heterocycles. The second-order valence-corrected chi connectivity index (χ2v) is 7.28. The Bertz CT molecular complexity index is 776. The molecule has 0 bridgehead atoms. The van der Waals surface area contributed by atoms with Crippen molar-refractivity contribution < 1.29 is 27.5 Å². The maximum absolute atomic E-state index is 13.3. The maximum Gasteiger partial charge on any atom is 0.417 e. The molecule has 1 aliphatic rings. The minimum atomic E-state index is -4.61. The van der Waals surface area contributed by atoms with E-state index >= 15 is 0 Å². The van der Waals surface area contributed by atoms with Crippen LogP contribution < -0.4 is 5.32 Å². The van der Waals surface area contributed by atoms with Gasteiger partial charge in [0.1, 0.15) is 0 Å². The molecule has 2 atom stereocenters. The molecule has 4 nitrogen and oxygen atoms in total. The highest BCUT2D eigenvalue weighted by Gasteiger charge is 2.42. The number of hydrogen-bond acceptors (Lipinski definition) is 3. The van der Waals surface area contributed by atoms with E-state index in [0.717, 1.165) is 6.07 Å². The quantitative estimate of drug-likeness (QED) is 0.764. The highest BCUT2D eigenvalue weighted by Crippen LogP contribution is 2.45. The van der Waals surface area contributed by atoms with Crippen molar-refractivity contribution in [2.45, 2.75) is 38.3 Å². The Morgan fingerprint density at radius 2 is 2.04 bits per heavy atom. The third kappa shape index (κ3) is 4.64. The monoisotopic (exact) mass is 403 g/mol. The molecule has 1 aromatic rings. The van der Waals surface area contributed by atoms with Gasteiger partial charge in [-0.1, -0.05) is 30.7 Å². The van der Waals surface area contributed by atoms with Gasteiger partial charge in [0.2, 0.25) is 5.91 Å². The number of ether oxygens (including phenoxy) is 1. The molecule has 148 valence electrons. The van der Waals surface area contributed by atoms with E-state index in [1.807, 2.05) is 0 Å². The van der Waals surface area contributed by atoms with Crippen LogP contribution in [0.1, 0.15) is 37.8 Å². The Kier molecular flexibility index (Phi) is 6.24. The van der Waals surface area contributed by atoms with Gasteiger partial charge in [0, 0.05) is 24.5 Å². The number of rotatable bonds is 4. The number of amides is 1. The summed E-state index contributed by atoms with van der Waals surface area (Å²) >= 11 is 5.73. The second kappa shape index (κ2) is 7.92. The number of nitrogens with one attached hydrogen (secondary N) is 1. The van der Waals surface area contributed by atoms with Crippen LogP contribution in [0.5, 0.6) is 0 Å². The van der Waals surface area contributed by atoms with E-state index in [1.54, 1.807) is 13.0 Å².